The van der Waals surface area contributed by atoms with Gasteiger partial charge in [-0.1, -0.05) is 49.4 Å². The molecule has 0 unspecified atom stereocenters. The third kappa shape index (κ3) is 5.20. The van der Waals surface area contributed by atoms with Crippen molar-refractivity contribution >= 4 is 29.1 Å². The Bertz CT molecular complexity index is 1150. The number of fused-ring (bicyclic) bond motifs is 1. The largest absolute Gasteiger partial charge is 0.395 e. The Labute approximate surface area is 211 Å². The van der Waals surface area contributed by atoms with E-state index < -0.39 is 17.4 Å². The maximum absolute atomic E-state index is 12.9. The normalized spacial score (nSPS) is 20.4. The zero-order valence-corrected chi connectivity index (χ0v) is 20.5. The molecular formula is C28H33N3O5. The van der Waals surface area contributed by atoms with Crippen LogP contribution in [0.15, 0.2) is 60.7 Å². The van der Waals surface area contributed by atoms with E-state index in [4.69, 9.17) is 0 Å². The Balaban J connectivity index is 1.48. The number of anilines is 2. The van der Waals surface area contributed by atoms with Crippen LogP contribution in [-0.2, 0) is 26.5 Å². The molecule has 2 aromatic rings. The maximum atomic E-state index is 12.9. The van der Waals surface area contributed by atoms with Gasteiger partial charge in [0.25, 0.3) is 5.91 Å². The second kappa shape index (κ2) is 11.1. The van der Waals surface area contributed by atoms with Gasteiger partial charge in [-0.15, -0.1) is 0 Å². The average Bonchev–Trinajstić information content (AvgIpc) is 3.14. The lowest BCUT2D eigenvalue weighted by atomic mass is 9.82. The highest BCUT2D eigenvalue weighted by molar-refractivity contribution is 6.06. The van der Waals surface area contributed by atoms with Gasteiger partial charge in [0.15, 0.2) is 5.60 Å². The molecule has 8 nitrogen and oxygen atoms in total. The summed E-state index contributed by atoms with van der Waals surface area (Å²) in [5.41, 5.74) is 0.758. The number of rotatable bonds is 9. The maximum Gasteiger partial charge on any atom is 0.261 e. The minimum Gasteiger partial charge on any atom is -0.395 e. The minimum atomic E-state index is -1.82. The van der Waals surface area contributed by atoms with Crippen molar-refractivity contribution < 1.29 is 24.6 Å². The van der Waals surface area contributed by atoms with E-state index in [1.807, 2.05) is 30.3 Å². The van der Waals surface area contributed by atoms with Crippen molar-refractivity contribution in [3.63, 3.8) is 0 Å². The van der Waals surface area contributed by atoms with Crippen molar-refractivity contribution in [3.8, 4) is 0 Å². The minimum absolute atomic E-state index is 0.0383. The summed E-state index contributed by atoms with van der Waals surface area (Å²) < 4.78 is 0. The van der Waals surface area contributed by atoms with Crippen LogP contribution in [0, 0.1) is 5.92 Å². The van der Waals surface area contributed by atoms with E-state index in [0.717, 1.165) is 18.4 Å². The van der Waals surface area contributed by atoms with Crippen LogP contribution in [0.25, 0.3) is 0 Å². The van der Waals surface area contributed by atoms with E-state index in [1.165, 1.54) is 0 Å². The third-order valence-corrected chi connectivity index (χ3v) is 6.96. The van der Waals surface area contributed by atoms with Gasteiger partial charge in [0, 0.05) is 55.3 Å². The summed E-state index contributed by atoms with van der Waals surface area (Å²) in [6.07, 6.45) is 5.67. The molecule has 3 amide bonds. The topological polar surface area (TPSA) is 110 Å². The summed E-state index contributed by atoms with van der Waals surface area (Å²) in [6.45, 7) is 2.81. The number of nitrogens with zero attached hydrogens (tertiary/aromatic N) is 2. The first-order chi connectivity index (χ1) is 17.3. The van der Waals surface area contributed by atoms with Crippen LogP contribution >= 0.6 is 0 Å². The number of nitrogens with one attached hydrogen (secondary N) is 1. The van der Waals surface area contributed by atoms with E-state index in [1.54, 1.807) is 47.1 Å². The van der Waals surface area contributed by atoms with E-state index in [-0.39, 0.29) is 31.4 Å². The predicted octanol–water partition coefficient (Wildman–Crippen LogP) is 2.95. The second-order valence-corrected chi connectivity index (χ2v) is 9.40. The molecular weight excluding hydrogens is 458 g/mol. The molecule has 0 bridgehead atoms. The van der Waals surface area contributed by atoms with Crippen molar-refractivity contribution in [2.45, 2.75) is 44.8 Å². The van der Waals surface area contributed by atoms with Crippen molar-refractivity contribution in [1.82, 2.24) is 4.90 Å². The lowest BCUT2D eigenvalue weighted by Gasteiger charge is -2.29. The van der Waals surface area contributed by atoms with Gasteiger partial charge in [-0.25, -0.2) is 0 Å². The lowest BCUT2D eigenvalue weighted by molar-refractivity contribution is -0.137. The summed E-state index contributed by atoms with van der Waals surface area (Å²) in [5.74, 6) is -1.28. The van der Waals surface area contributed by atoms with Crippen molar-refractivity contribution in [2.24, 2.45) is 5.92 Å². The first-order valence-corrected chi connectivity index (χ1v) is 12.4. The molecule has 4 rings (SSSR count). The Morgan fingerprint density at radius 3 is 2.69 bits per heavy atom. The van der Waals surface area contributed by atoms with Crippen LogP contribution in [0.1, 0.15) is 43.7 Å². The number of amides is 3. The van der Waals surface area contributed by atoms with E-state index in [2.05, 4.69) is 5.32 Å². The number of carbonyl (C=O) groups excluding carboxylic acids is 3. The molecule has 2 atom stereocenters. The number of piperidine rings is 1. The van der Waals surface area contributed by atoms with E-state index in [9.17, 15) is 24.6 Å². The number of hydrogen-bond acceptors (Lipinski definition) is 5. The monoisotopic (exact) mass is 491 g/mol. The fourth-order valence-electron chi connectivity index (χ4n) is 4.85. The summed E-state index contributed by atoms with van der Waals surface area (Å²) >= 11 is 0. The number of hydrogen-bond donors (Lipinski definition) is 3. The SMILES string of the molecule is C[C@@H](/C=C/CC(=O)N(CCO)Cc1ccccc1)[C@]1(O)C(=O)Nc2ccc(N3CCCCC3=O)cc21. The first kappa shape index (κ1) is 25.6. The highest BCUT2D eigenvalue weighted by Gasteiger charge is 2.49. The molecule has 2 aliphatic heterocycles. The molecule has 3 N–H and O–H groups in total. The quantitative estimate of drug-likeness (QED) is 0.467. The number of benzene rings is 2. The fourth-order valence-corrected chi connectivity index (χ4v) is 4.85. The molecule has 2 aromatic carbocycles. The number of aliphatic hydroxyl groups is 2. The number of aliphatic hydroxyl groups excluding tert-OH is 1. The van der Waals surface area contributed by atoms with Crippen LogP contribution in [0.2, 0.25) is 0 Å². The standard InChI is InChI=1S/C28H33N3O5/c1-20(8-7-12-25(33)30(16-17-32)19-21-9-3-2-4-10-21)28(36)23-18-22(13-14-24(23)29-27(28)35)31-15-6-5-11-26(31)34/h2-4,7-10,13-14,18,20,32,36H,5-6,11-12,15-17,19H2,1H3,(H,29,35)/b8-7+/t20-,28+/m0/s1. The summed E-state index contributed by atoms with van der Waals surface area (Å²) in [6, 6.07) is 14.8. The van der Waals surface area contributed by atoms with Gasteiger partial charge in [0.2, 0.25) is 11.8 Å². The smallest absolute Gasteiger partial charge is 0.261 e. The molecule has 190 valence electrons. The van der Waals surface area contributed by atoms with Crippen molar-refractivity contribution in [3.05, 3.63) is 71.8 Å². The summed E-state index contributed by atoms with van der Waals surface area (Å²) in [7, 11) is 0. The van der Waals surface area contributed by atoms with Crippen molar-refractivity contribution in [1.29, 1.82) is 0 Å². The molecule has 0 radical (unpaired) electrons. The molecule has 8 heteroatoms. The van der Waals surface area contributed by atoms with Crippen LogP contribution in [0.5, 0.6) is 0 Å². The fraction of sp³-hybridized carbons (Fsp3) is 0.393. The molecule has 36 heavy (non-hydrogen) atoms. The highest BCUT2D eigenvalue weighted by Crippen LogP contribution is 2.43. The van der Waals surface area contributed by atoms with Gasteiger partial charge in [-0.05, 0) is 36.6 Å². The zero-order chi connectivity index (χ0) is 25.7. The Morgan fingerprint density at radius 2 is 1.97 bits per heavy atom. The second-order valence-electron chi connectivity index (χ2n) is 9.40. The van der Waals surface area contributed by atoms with Crippen LogP contribution < -0.4 is 10.2 Å². The van der Waals surface area contributed by atoms with Crippen LogP contribution in [0.3, 0.4) is 0 Å². The van der Waals surface area contributed by atoms with Gasteiger partial charge >= 0.3 is 0 Å². The first-order valence-electron chi connectivity index (χ1n) is 12.4. The van der Waals surface area contributed by atoms with Crippen molar-refractivity contribution in [2.75, 3.05) is 29.9 Å². The highest BCUT2D eigenvalue weighted by atomic mass is 16.3. The van der Waals surface area contributed by atoms with Gasteiger partial charge in [-0.2, -0.15) is 0 Å². The van der Waals surface area contributed by atoms with Gasteiger partial charge in [-0.3, -0.25) is 14.4 Å². The molecule has 2 aliphatic rings. The summed E-state index contributed by atoms with van der Waals surface area (Å²) in [5, 5.41) is 23.7. The Hall–Kier alpha value is -3.49. The molecule has 0 spiro atoms. The zero-order valence-electron chi connectivity index (χ0n) is 20.5. The molecule has 1 fully saturated rings. The van der Waals surface area contributed by atoms with E-state index >= 15 is 0 Å². The molecule has 1 saturated heterocycles. The van der Waals surface area contributed by atoms with E-state index in [0.29, 0.717) is 36.4 Å². The molecule has 0 aromatic heterocycles. The van der Waals surface area contributed by atoms with Crippen LogP contribution in [-0.4, -0.2) is 52.5 Å². The van der Waals surface area contributed by atoms with Gasteiger partial charge in [0.05, 0.1) is 6.61 Å². The Morgan fingerprint density at radius 1 is 1.19 bits per heavy atom. The average molecular weight is 492 g/mol. The lowest BCUT2D eigenvalue weighted by Crippen LogP contribution is -2.40. The summed E-state index contributed by atoms with van der Waals surface area (Å²) in [4.78, 5) is 41.4. The molecule has 0 aliphatic carbocycles. The Kier molecular flexibility index (Phi) is 7.86. The number of carbonyl (C=O) groups is 3. The van der Waals surface area contributed by atoms with Crippen LogP contribution in [0.4, 0.5) is 11.4 Å². The molecule has 2 heterocycles. The molecule has 0 saturated carbocycles. The van der Waals surface area contributed by atoms with Gasteiger partial charge in [0.1, 0.15) is 0 Å². The predicted molar refractivity (Wildman–Crippen MR) is 137 cm³/mol. The third-order valence-electron chi connectivity index (χ3n) is 6.96. The van der Waals surface area contributed by atoms with Gasteiger partial charge < -0.3 is 25.3 Å².